The van der Waals surface area contributed by atoms with E-state index >= 15 is 0 Å². The van der Waals surface area contributed by atoms with Gasteiger partial charge < -0.3 is 10.5 Å². The molecule has 1 unspecified atom stereocenters. The average molecular weight is 248 g/mol. The molecule has 0 aromatic heterocycles. The van der Waals surface area contributed by atoms with Crippen molar-refractivity contribution >= 4 is 5.69 Å². The van der Waals surface area contributed by atoms with Crippen LogP contribution in [0.5, 0.6) is 5.75 Å². The van der Waals surface area contributed by atoms with Gasteiger partial charge in [0.2, 0.25) is 0 Å². The summed E-state index contributed by atoms with van der Waals surface area (Å²) in [5.41, 5.74) is 7.93. The maximum atomic E-state index is 5.87. The van der Waals surface area contributed by atoms with Crippen molar-refractivity contribution in [2.45, 2.75) is 39.2 Å². The molecule has 1 heterocycles. The zero-order valence-corrected chi connectivity index (χ0v) is 11.5. The molecule has 0 amide bonds. The first kappa shape index (κ1) is 13.2. The first-order valence-electron chi connectivity index (χ1n) is 6.99. The van der Waals surface area contributed by atoms with Gasteiger partial charge in [-0.05, 0) is 56.1 Å². The zero-order chi connectivity index (χ0) is 13.0. The zero-order valence-electron chi connectivity index (χ0n) is 11.5. The van der Waals surface area contributed by atoms with Crippen LogP contribution in [0.15, 0.2) is 18.2 Å². The second-order valence-corrected chi connectivity index (χ2v) is 5.07. The van der Waals surface area contributed by atoms with Crippen LogP contribution >= 0.6 is 0 Å². The summed E-state index contributed by atoms with van der Waals surface area (Å²) in [5.74, 6) is 1.01. The molecule has 0 radical (unpaired) electrons. The Balaban J connectivity index is 2.09. The van der Waals surface area contributed by atoms with E-state index in [1.807, 2.05) is 12.1 Å². The number of fused-ring (bicyclic) bond motifs is 1. The lowest BCUT2D eigenvalue weighted by Crippen LogP contribution is -2.44. The number of hydrogen-bond acceptors (Lipinski definition) is 3. The van der Waals surface area contributed by atoms with Crippen molar-refractivity contribution in [3.8, 4) is 5.75 Å². The Kier molecular flexibility index (Phi) is 4.48. The summed E-state index contributed by atoms with van der Waals surface area (Å²) in [5, 5.41) is 0. The number of rotatable bonds is 5. The molecule has 100 valence electrons. The summed E-state index contributed by atoms with van der Waals surface area (Å²) in [4.78, 5) is 2.55. The Morgan fingerprint density at radius 1 is 1.28 bits per heavy atom. The third kappa shape index (κ3) is 2.96. The van der Waals surface area contributed by atoms with Crippen molar-refractivity contribution in [1.29, 1.82) is 0 Å². The first-order valence-corrected chi connectivity index (χ1v) is 6.99. The van der Waals surface area contributed by atoms with Crippen molar-refractivity contribution in [2.24, 2.45) is 0 Å². The number of benzene rings is 1. The summed E-state index contributed by atoms with van der Waals surface area (Å²) in [7, 11) is 0. The fourth-order valence-electron chi connectivity index (χ4n) is 2.68. The fraction of sp³-hybridized carbons (Fsp3) is 0.600. The molecule has 0 aliphatic carbocycles. The van der Waals surface area contributed by atoms with Crippen LogP contribution in [0.2, 0.25) is 0 Å². The van der Waals surface area contributed by atoms with E-state index in [2.05, 4.69) is 24.8 Å². The molecule has 2 rings (SSSR count). The highest BCUT2D eigenvalue weighted by atomic mass is 16.5. The summed E-state index contributed by atoms with van der Waals surface area (Å²) in [6.07, 6.45) is 3.45. The van der Waals surface area contributed by atoms with Gasteiger partial charge in [-0.15, -0.1) is 0 Å². The highest BCUT2D eigenvalue weighted by molar-refractivity contribution is 5.48. The Morgan fingerprint density at radius 2 is 2.00 bits per heavy atom. The molecular weight excluding hydrogens is 224 g/mol. The first-order chi connectivity index (χ1) is 8.74. The summed E-state index contributed by atoms with van der Waals surface area (Å²) < 4.78 is 5.87. The number of nitrogens with two attached hydrogens (primary N) is 1. The molecule has 1 aliphatic heterocycles. The predicted octanol–water partition coefficient (Wildman–Crippen LogP) is 2.69. The molecule has 18 heavy (non-hydrogen) atoms. The summed E-state index contributed by atoms with van der Waals surface area (Å²) in [6, 6.07) is 6.46. The number of hydrogen-bond donors (Lipinski definition) is 1. The maximum absolute atomic E-state index is 5.87. The van der Waals surface area contributed by atoms with Crippen LogP contribution in [0.4, 0.5) is 5.69 Å². The molecule has 3 nitrogen and oxygen atoms in total. The fourth-order valence-corrected chi connectivity index (χ4v) is 2.68. The van der Waals surface area contributed by atoms with Crippen molar-refractivity contribution in [1.82, 2.24) is 4.90 Å². The van der Waals surface area contributed by atoms with Gasteiger partial charge in [-0.25, -0.2) is 0 Å². The van der Waals surface area contributed by atoms with Crippen molar-refractivity contribution in [3.05, 3.63) is 23.8 Å². The van der Waals surface area contributed by atoms with Crippen LogP contribution in [-0.4, -0.2) is 30.6 Å². The second-order valence-electron chi connectivity index (χ2n) is 5.07. The lowest BCUT2D eigenvalue weighted by molar-refractivity contribution is 0.119. The molecule has 2 N–H and O–H groups in total. The van der Waals surface area contributed by atoms with Crippen LogP contribution in [0, 0.1) is 0 Å². The highest BCUT2D eigenvalue weighted by Crippen LogP contribution is 2.28. The topological polar surface area (TPSA) is 38.5 Å². The second kappa shape index (κ2) is 6.10. The Morgan fingerprint density at radius 3 is 2.67 bits per heavy atom. The van der Waals surface area contributed by atoms with Crippen LogP contribution in [0.25, 0.3) is 0 Å². The minimum Gasteiger partial charge on any atom is -0.492 e. The van der Waals surface area contributed by atoms with Crippen LogP contribution in [0.1, 0.15) is 32.3 Å². The van der Waals surface area contributed by atoms with Gasteiger partial charge in [-0.2, -0.15) is 0 Å². The Hall–Kier alpha value is -1.22. The molecule has 0 saturated heterocycles. The quantitative estimate of drug-likeness (QED) is 0.814. The number of nitrogen functional groups attached to an aromatic ring is 1. The number of anilines is 1. The standard InChI is InChI=1S/C15H24N2O/c1-3-7-17(8-4-2)14-10-12-9-13(16)5-6-15(12)18-11-14/h5-6,9,14H,3-4,7-8,10-11,16H2,1-2H3. The lowest BCUT2D eigenvalue weighted by atomic mass is 10.0. The Labute approximate surface area is 110 Å². The summed E-state index contributed by atoms with van der Waals surface area (Å²) in [6.45, 7) is 7.58. The van der Waals surface area contributed by atoms with Crippen molar-refractivity contribution in [2.75, 3.05) is 25.4 Å². The minimum atomic E-state index is 0.499. The molecule has 0 bridgehead atoms. The van der Waals surface area contributed by atoms with Gasteiger partial charge in [0.05, 0.1) is 0 Å². The monoisotopic (exact) mass is 248 g/mol. The SMILES string of the molecule is CCCN(CCC)C1COc2ccc(N)cc2C1. The third-order valence-corrected chi connectivity index (χ3v) is 3.51. The van der Waals surface area contributed by atoms with Crippen LogP contribution in [-0.2, 0) is 6.42 Å². The smallest absolute Gasteiger partial charge is 0.122 e. The molecule has 0 saturated carbocycles. The largest absolute Gasteiger partial charge is 0.492 e. The number of ether oxygens (including phenoxy) is 1. The van der Waals surface area contributed by atoms with E-state index in [1.54, 1.807) is 0 Å². The molecule has 1 aromatic carbocycles. The molecule has 1 aromatic rings. The molecule has 0 spiro atoms. The van der Waals surface area contributed by atoms with Gasteiger partial charge in [0.15, 0.2) is 0 Å². The molecule has 0 fully saturated rings. The molecule has 1 atom stereocenters. The number of nitrogens with zero attached hydrogens (tertiary/aromatic N) is 1. The Bertz CT molecular complexity index is 386. The van der Waals surface area contributed by atoms with Crippen molar-refractivity contribution in [3.63, 3.8) is 0 Å². The van der Waals surface area contributed by atoms with E-state index in [9.17, 15) is 0 Å². The maximum Gasteiger partial charge on any atom is 0.122 e. The lowest BCUT2D eigenvalue weighted by Gasteiger charge is -2.34. The van der Waals surface area contributed by atoms with Crippen LogP contribution < -0.4 is 10.5 Å². The van der Waals surface area contributed by atoms with Gasteiger partial charge in [0.1, 0.15) is 12.4 Å². The highest BCUT2D eigenvalue weighted by Gasteiger charge is 2.24. The molecule has 3 heteroatoms. The summed E-state index contributed by atoms with van der Waals surface area (Å²) >= 11 is 0. The van der Waals surface area contributed by atoms with Gasteiger partial charge in [0, 0.05) is 11.7 Å². The van der Waals surface area contributed by atoms with E-state index in [4.69, 9.17) is 10.5 Å². The average Bonchev–Trinajstić information content (AvgIpc) is 2.37. The van der Waals surface area contributed by atoms with E-state index in [0.717, 1.165) is 37.6 Å². The van der Waals surface area contributed by atoms with E-state index < -0.39 is 0 Å². The van der Waals surface area contributed by atoms with Gasteiger partial charge in [-0.3, -0.25) is 4.90 Å². The predicted molar refractivity (Wildman–Crippen MR) is 76.0 cm³/mol. The molecular formula is C15H24N2O. The van der Waals surface area contributed by atoms with E-state index in [0.29, 0.717) is 6.04 Å². The normalized spacial score (nSPS) is 18.5. The van der Waals surface area contributed by atoms with E-state index in [1.165, 1.54) is 18.4 Å². The van der Waals surface area contributed by atoms with Crippen molar-refractivity contribution < 1.29 is 4.74 Å². The van der Waals surface area contributed by atoms with E-state index in [-0.39, 0.29) is 0 Å². The van der Waals surface area contributed by atoms with Gasteiger partial charge in [-0.1, -0.05) is 13.8 Å². The molecule has 1 aliphatic rings. The van der Waals surface area contributed by atoms with Crippen LogP contribution in [0.3, 0.4) is 0 Å². The third-order valence-electron chi connectivity index (χ3n) is 3.51. The minimum absolute atomic E-state index is 0.499. The van der Waals surface area contributed by atoms with Gasteiger partial charge in [0.25, 0.3) is 0 Å². The van der Waals surface area contributed by atoms with Gasteiger partial charge >= 0.3 is 0 Å².